The molecule has 4 heteroatoms. The first-order valence-electron chi connectivity index (χ1n) is 7.33. The molecule has 1 atom stereocenters. The molecule has 2 rings (SSSR count). The number of ether oxygens (including phenoxy) is 2. The number of aromatic nitrogens is 1. The molecule has 0 aliphatic carbocycles. The van der Waals surface area contributed by atoms with Gasteiger partial charge in [0.1, 0.15) is 11.5 Å². The van der Waals surface area contributed by atoms with Crippen molar-refractivity contribution in [1.82, 2.24) is 10.3 Å². The van der Waals surface area contributed by atoms with Gasteiger partial charge in [-0.15, -0.1) is 0 Å². The maximum absolute atomic E-state index is 5.90. The predicted octanol–water partition coefficient (Wildman–Crippen LogP) is 3.94. The molecule has 0 fully saturated rings. The summed E-state index contributed by atoms with van der Waals surface area (Å²) in [4.78, 5) is 4.34. The van der Waals surface area contributed by atoms with Gasteiger partial charge in [-0.05, 0) is 50.7 Å². The van der Waals surface area contributed by atoms with Gasteiger partial charge in [-0.25, -0.2) is 4.98 Å². The first kappa shape index (κ1) is 15.3. The molecule has 21 heavy (non-hydrogen) atoms. The Morgan fingerprint density at radius 3 is 2.48 bits per heavy atom. The third-order valence-electron chi connectivity index (χ3n) is 3.13. The van der Waals surface area contributed by atoms with Crippen LogP contribution in [0.5, 0.6) is 17.4 Å². The number of nitrogens with one attached hydrogen (secondary N) is 1. The van der Waals surface area contributed by atoms with E-state index in [1.54, 1.807) is 6.20 Å². The van der Waals surface area contributed by atoms with Crippen LogP contribution in [0.2, 0.25) is 0 Å². The average Bonchev–Trinajstić information content (AvgIpc) is 2.50. The molecule has 112 valence electrons. The molecule has 4 nitrogen and oxygen atoms in total. The highest BCUT2D eigenvalue weighted by atomic mass is 16.5. The minimum Gasteiger partial charge on any atom is -0.494 e. The van der Waals surface area contributed by atoms with Crippen LogP contribution in [0.3, 0.4) is 0 Å². The van der Waals surface area contributed by atoms with Gasteiger partial charge in [-0.3, -0.25) is 0 Å². The third-order valence-corrected chi connectivity index (χ3v) is 3.13. The lowest BCUT2D eigenvalue weighted by atomic mass is 10.1. The zero-order valence-electron chi connectivity index (χ0n) is 12.8. The summed E-state index contributed by atoms with van der Waals surface area (Å²) in [5, 5.41) is 3.37. The third kappa shape index (κ3) is 4.20. The van der Waals surface area contributed by atoms with Crippen molar-refractivity contribution in [3.8, 4) is 17.4 Å². The van der Waals surface area contributed by atoms with Crippen LogP contribution in [0, 0.1) is 0 Å². The van der Waals surface area contributed by atoms with Crippen molar-refractivity contribution < 1.29 is 9.47 Å². The van der Waals surface area contributed by atoms with Crippen LogP contribution in [0.4, 0.5) is 0 Å². The van der Waals surface area contributed by atoms with Crippen LogP contribution in [-0.4, -0.2) is 18.1 Å². The zero-order valence-corrected chi connectivity index (χ0v) is 12.8. The Hall–Kier alpha value is -2.07. The molecule has 0 aliphatic rings. The summed E-state index contributed by atoms with van der Waals surface area (Å²) in [5.41, 5.74) is 1.05. The molecule has 0 aliphatic heterocycles. The summed E-state index contributed by atoms with van der Waals surface area (Å²) in [6.45, 7) is 7.71. The molecule has 0 spiro atoms. The van der Waals surface area contributed by atoms with E-state index in [1.165, 1.54) is 0 Å². The van der Waals surface area contributed by atoms with Crippen molar-refractivity contribution in [2.45, 2.75) is 26.8 Å². The van der Waals surface area contributed by atoms with Gasteiger partial charge in [-0.2, -0.15) is 0 Å². The van der Waals surface area contributed by atoms with Crippen molar-refractivity contribution >= 4 is 0 Å². The second-order valence-corrected chi connectivity index (χ2v) is 4.68. The smallest absolute Gasteiger partial charge is 0.223 e. The summed E-state index contributed by atoms with van der Waals surface area (Å²) < 4.78 is 11.3. The summed E-state index contributed by atoms with van der Waals surface area (Å²) in [7, 11) is 0. The molecule has 0 bridgehead atoms. The number of pyridine rings is 1. The van der Waals surface area contributed by atoms with Gasteiger partial charge in [0.05, 0.1) is 6.61 Å². The van der Waals surface area contributed by atoms with Gasteiger partial charge in [0.15, 0.2) is 0 Å². The van der Waals surface area contributed by atoms with E-state index >= 15 is 0 Å². The van der Waals surface area contributed by atoms with Gasteiger partial charge in [0.25, 0.3) is 0 Å². The lowest BCUT2D eigenvalue weighted by molar-refractivity contribution is 0.339. The molecule has 0 amide bonds. The summed E-state index contributed by atoms with van der Waals surface area (Å²) >= 11 is 0. The standard InChI is InChI=1S/C17H22N2O2/c1-4-18-13(3)16-7-6-12-19-17(16)21-15-10-8-14(9-11-15)20-5-2/h6-13,18H,4-5H2,1-3H3. The largest absolute Gasteiger partial charge is 0.494 e. The highest BCUT2D eigenvalue weighted by Gasteiger charge is 2.12. The Balaban J connectivity index is 2.15. The number of benzene rings is 1. The van der Waals surface area contributed by atoms with Gasteiger partial charge in [0, 0.05) is 17.8 Å². The van der Waals surface area contributed by atoms with E-state index in [0.29, 0.717) is 12.5 Å². The van der Waals surface area contributed by atoms with Crippen LogP contribution < -0.4 is 14.8 Å². The minimum absolute atomic E-state index is 0.196. The van der Waals surface area contributed by atoms with Gasteiger partial charge in [-0.1, -0.05) is 13.0 Å². The Morgan fingerprint density at radius 2 is 1.81 bits per heavy atom. The molecular weight excluding hydrogens is 264 g/mol. The summed E-state index contributed by atoms with van der Waals surface area (Å²) in [5.74, 6) is 2.23. The van der Waals surface area contributed by atoms with E-state index in [-0.39, 0.29) is 6.04 Å². The quantitative estimate of drug-likeness (QED) is 0.837. The Bertz CT molecular complexity index is 555. The Morgan fingerprint density at radius 1 is 1.10 bits per heavy atom. The molecule has 1 aromatic heterocycles. The zero-order chi connectivity index (χ0) is 15.1. The molecule has 1 N–H and O–H groups in total. The van der Waals surface area contributed by atoms with Crippen LogP contribution >= 0.6 is 0 Å². The predicted molar refractivity (Wildman–Crippen MR) is 84.0 cm³/mol. The van der Waals surface area contributed by atoms with Crippen LogP contribution in [-0.2, 0) is 0 Å². The summed E-state index contributed by atoms with van der Waals surface area (Å²) in [6.07, 6.45) is 1.74. The lowest BCUT2D eigenvalue weighted by Gasteiger charge is -2.16. The summed E-state index contributed by atoms with van der Waals surface area (Å²) in [6, 6.07) is 11.7. The Labute approximate surface area is 126 Å². The van der Waals surface area contributed by atoms with Crippen molar-refractivity contribution in [2.75, 3.05) is 13.2 Å². The fourth-order valence-electron chi connectivity index (χ4n) is 2.12. The van der Waals surface area contributed by atoms with Crippen molar-refractivity contribution in [3.05, 3.63) is 48.2 Å². The average molecular weight is 286 g/mol. The van der Waals surface area contributed by atoms with E-state index in [1.807, 2.05) is 43.3 Å². The number of hydrogen-bond donors (Lipinski definition) is 1. The van der Waals surface area contributed by atoms with Crippen LogP contribution in [0.1, 0.15) is 32.4 Å². The highest BCUT2D eigenvalue weighted by molar-refractivity contribution is 5.36. The normalized spacial score (nSPS) is 12.0. The van der Waals surface area contributed by atoms with E-state index in [0.717, 1.165) is 23.6 Å². The lowest BCUT2D eigenvalue weighted by Crippen LogP contribution is -2.18. The second-order valence-electron chi connectivity index (χ2n) is 4.68. The molecule has 0 saturated heterocycles. The molecule has 1 unspecified atom stereocenters. The topological polar surface area (TPSA) is 43.4 Å². The van der Waals surface area contributed by atoms with Gasteiger partial charge in [0.2, 0.25) is 5.88 Å². The SMILES string of the molecule is CCNC(C)c1cccnc1Oc1ccc(OCC)cc1. The van der Waals surface area contributed by atoms with Gasteiger partial charge < -0.3 is 14.8 Å². The molecule has 0 radical (unpaired) electrons. The van der Waals surface area contributed by atoms with Gasteiger partial charge >= 0.3 is 0 Å². The van der Waals surface area contributed by atoms with Crippen molar-refractivity contribution in [1.29, 1.82) is 0 Å². The number of rotatable bonds is 7. The first-order chi connectivity index (χ1) is 10.2. The number of hydrogen-bond acceptors (Lipinski definition) is 4. The van der Waals surface area contributed by atoms with E-state index in [2.05, 4.69) is 24.1 Å². The maximum Gasteiger partial charge on any atom is 0.223 e. The monoisotopic (exact) mass is 286 g/mol. The fraction of sp³-hybridized carbons (Fsp3) is 0.353. The highest BCUT2D eigenvalue weighted by Crippen LogP contribution is 2.28. The van der Waals surface area contributed by atoms with Crippen LogP contribution in [0.15, 0.2) is 42.6 Å². The number of nitrogens with zero attached hydrogens (tertiary/aromatic N) is 1. The molecule has 0 saturated carbocycles. The van der Waals surface area contributed by atoms with Crippen molar-refractivity contribution in [2.24, 2.45) is 0 Å². The molecule has 2 aromatic rings. The van der Waals surface area contributed by atoms with E-state index in [9.17, 15) is 0 Å². The molecule has 1 aromatic carbocycles. The van der Waals surface area contributed by atoms with Crippen LogP contribution in [0.25, 0.3) is 0 Å². The molecule has 1 heterocycles. The molecular formula is C17H22N2O2. The first-order valence-corrected chi connectivity index (χ1v) is 7.33. The van der Waals surface area contributed by atoms with Crippen molar-refractivity contribution in [3.63, 3.8) is 0 Å². The maximum atomic E-state index is 5.90. The Kier molecular flexibility index (Phi) is 5.58. The minimum atomic E-state index is 0.196. The second kappa shape index (κ2) is 7.64. The van der Waals surface area contributed by atoms with E-state index in [4.69, 9.17) is 9.47 Å². The fourth-order valence-corrected chi connectivity index (χ4v) is 2.12. The van der Waals surface area contributed by atoms with E-state index < -0.39 is 0 Å².